The van der Waals surface area contributed by atoms with Crippen molar-refractivity contribution in [1.82, 2.24) is 20.3 Å². The number of carbonyl (C=O) groups excluding carboxylic acids is 2. The molecule has 1 aromatic carbocycles. The Bertz CT molecular complexity index is 1990. The van der Waals surface area contributed by atoms with Crippen LogP contribution in [0.4, 0.5) is 10.2 Å². The molecule has 5 aromatic rings. The van der Waals surface area contributed by atoms with Crippen molar-refractivity contribution in [3.63, 3.8) is 0 Å². The van der Waals surface area contributed by atoms with Crippen LogP contribution in [0.25, 0.3) is 20.5 Å². The van der Waals surface area contributed by atoms with Crippen LogP contribution >= 0.6 is 11.3 Å². The Labute approximate surface area is 264 Å². The quantitative estimate of drug-likeness (QED) is 0.182. The van der Waals surface area contributed by atoms with Crippen LogP contribution in [0.15, 0.2) is 60.9 Å². The van der Waals surface area contributed by atoms with E-state index in [1.165, 1.54) is 29.0 Å². The normalized spacial score (nSPS) is 18.7. The number of pyridine rings is 3. The summed E-state index contributed by atoms with van der Waals surface area (Å²) >= 11 is 1.48. The molecule has 2 aliphatic rings. The molecule has 0 fully saturated rings. The average molecular weight is 621 g/mol. The second-order valence-corrected chi connectivity index (χ2v) is 13.6. The number of aromatic nitrogens is 3. The SMILES string of the molecule is CC(C)Cc1nc2c(c(-c3cc4ccnc(N[C@@H]5CCc6ncccc65)c4s3)c1C(N)=O)C(=O)N[C@@]2(C)Cc1ccc(F)cc1. The molecule has 8 nitrogen and oxygen atoms in total. The molecule has 4 aromatic heterocycles. The van der Waals surface area contributed by atoms with Crippen LogP contribution < -0.4 is 16.4 Å². The predicted octanol–water partition coefficient (Wildman–Crippen LogP) is 6.49. The molecule has 1 aliphatic carbocycles. The minimum atomic E-state index is -0.879. The Morgan fingerprint density at radius 3 is 2.71 bits per heavy atom. The van der Waals surface area contributed by atoms with E-state index in [9.17, 15) is 14.0 Å². The molecule has 0 bridgehead atoms. The van der Waals surface area contributed by atoms with Crippen molar-refractivity contribution in [3.8, 4) is 10.4 Å². The first-order valence-corrected chi connectivity index (χ1v) is 16.0. The molecule has 0 spiro atoms. The number of thiophene rings is 1. The maximum Gasteiger partial charge on any atom is 0.254 e. The van der Waals surface area contributed by atoms with Crippen LogP contribution in [0.5, 0.6) is 0 Å². The monoisotopic (exact) mass is 620 g/mol. The van der Waals surface area contributed by atoms with Crippen molar-refractivity contribution in [2.45, 2.75) is 58.0 Å². The highest BCUT2D eigenvalue weighted by atomic mass is 32.1. The number of benzene rings is 1. The Morgan fingerprint density at radius 1 is 1.16 bits per heavy atom. The largest absolute Gasteiger partial charge is 0.366 e. The second kappa shape index (κ2) is 11.0. The van der Waals surface area contributed by atoms with Crippen LogP contribution in [0.2, 0.25) is 0 Å². The van der Waals surface area contributed by atoms with Gasteiger partial charge in [-0.05, 0) is 78.9 Å². The molecular formula is C35H33FN6O2S. The number of halogens is 1. The Balaban J connectivity index is 1.39. The minimum absolute atomic E-state index is 0.0827. The van der Waals surface area contributed by atoms with Gasteiger partial charge in [0.2, 0.25) is 0 Å². The molecule has 4 N–H and O–H groups in total. The van der Waals surface area contributed by atoms with Gasteiger partial charge in [0.05, 0.1) is 38.8 Å². The lowest BCUT2D eigenvalue weighted by Gasteiger charge is -2.26. The van der Waals surface area contributed by atoms with E-state index in [0.717, 1.165) is 44.9 Å². The fourth-order valence-electron chi connectivity index (χ4n) is 6.73. The Morgan fingerprint density at radius 2 is 1.96 bits per heavy atom. The van der Waals surface area contributed by atoms with Gasteiger partial charge in [0, 0.05) is 34.9 Å². The number of aryl methyl sites for hydroxylation is 1. The van der Waals surface area contributed by atoms with Gasteiger partial charge < -0.3 is 16.4 Å². The van der Waals surface area contributed by atoms with Gasteiger partial charge in [-0.2, -0.15) is 0 Å². The molecule has 10 heteroatoms. The van der Waals surface area contributed by atoms with E-state index < -0.39 is 11.4 Å². The smallest absolute Gasteiger partial charge is 0.254 e. The van der Waals surface area contributed by atoms with E-state index in [4.69, 9.17) is 15.7 Å². The molecule has 0 radical (unpaired) electrons. The van der Waals surface area contributed by atoms with Gasteiger partial charge in [-0.1, -0.05) is 32.0 Å². The molecule has 228 valence electrons. The zero-order chi connectivity index (χ0) is 31.5. The van der Waals surface area contributed by atoms with Crippen molar-refractivity contribution in [2.75, 3.05) is 5.32 Å². The Hall–Kier alpha value is -4.70. The van der Waals surface area contributed by atoms with E-state index in [0.29, 0.717) is 35.4 Å². The number of rotatable bonds is 8. The summed E-state index contributed by atoms with van der Waals surface area (Å²) in [5.74, 6) is -0.349. The highest BCUT2D eigenvalue weighted by Gasteiger charge is 2.44. The van der Waals surface area contributed by atoms with Crippen molar-refractivity contribution in [2.24, 2.45) is 11.7 Å². The summed E-state index contributed by atoms with van der Waals surface area (Å²) in [4.78, 5) is 42.0. The zero-order valence-electron chi connectivity index (χ0n) is 25.3. The van der Waals surface area contributed by atoms with Crippen LogP contribution in [-0.2, 0) is 24.8 Å². The summed E-state index contributed by atoms with van der Waals surface area (Å²) in [6, 6.07) is 14.3. The zero-order valence-corrected chi connectivity index (χ0v) is 26.1. The van der Waals surface area contributed by atoms with Gasteiger partial charge in [0.1, 0.15) is 11.6 Å². The minimum Gasteiger partial charge on any atom is -0.366 e. The molecule has 7 rings (SSSR count). The third-order valence-corrected chi connectivity index (χ3v) is 9.87. The van der Waals surface area contributed by atoms with E-state index in [2.05, 4.69) is 35.5 Å². The average Bonchev–Trinajstić information content (AvgIpc) is 3.68. The maximum absolute atomic E-state index is 13.9. The highest BCUT2D eigenvalue weighted by Crippen LogP contribution is 2.46. The van der Waals surface area contributed by atoms with Crippen LogP contribution in [-0.4, -0.2) is 26.8 Å². The first-order valence-electron chi connectivity index (χ1n) is 15.1. The number of carbonyl (C=O) groups is 2. The standard InChI is InChI=1S/C35H33FN6O2S/c1-18(2)15-25-27(32(37)43)28(29-31(40-25)35(3,42-34(29)44)17-19-6-8-21(36)9-7-19)26-16-20-12-14-39-33(30(20)45-26)41-24-11-10-23-22(24)5-4-13-38-23/h4-9,12-14,16,18,24H,10-11,15,17H2,1-3H3,(H2,37,43)(H,39,41)(H,42,44)/t24-,35+/m1/s1. The van der Waals surface area contributed by atoms with E-state index >= 15 is 0 Å². The lowest BCUT2D eigenvalue weighted by molar-refractivity contribution is 0.0935. The number of anilines is 1. The molecular weight excluding hydrogens is 587 g/mol. The number of nitrogens with zero attached hydrogens (tertiary/aromatic N) is 3. The predicted molar refractivity (Wildman–Crippen MR) is 174 cm³/mol. The molecule has 0 saturated heterocycles. The first-order chi connectivity index (χ1) is 21.6. The molecule has 45 heavy (non-hydrogen) atoms. The molecule has 2 amide bonds. The summed E-state index contributed by atoms with van der Waals surface area (Å²) in [6.45, 7) is 6.03. The third-order valence-electron chi connectivity index (χ3n) is 8.69. The van der Waals surface area contributed by atoms with E-state index in [1.54, 1.807) is 18.3 Å². The number of hydrogen-bond acceptors (Lipinski definition) is 7. The summed E-state index contributed by atoms with van der Waals surface area (Å²) in [7, 11) is 0. The number of primary amides is 1. The molecule has 0 saturated carbocycles. The summed E-state index contributed by atoms with van der Waals surface area (Å²) in [5, 5.41) is 7.72. The topological polar surface area (TPSA) is 123 Å². The van der Waals surface area contributed by atoms with Crippen molar-refractivity contribution < 1.29 is 14.0 Å². The second-order valence-electron chi connectivity index (χ2n) is 12.5. The van der Waals surface area contributed by atoms with Crippen molar-refractivity contribution >= 4 is 39.1 Å². The van der Waals surface area contributed by atoms with E-state index in [1.807, 2.05) is 31.3 Å². The van der Waals surface area contributed by atoms with Gasteiger partial charge >= 0.3 is 0 Å². The fraction of sp³-hybridized carbons (Fsp3) is 0.286. The van der Waals surface area contributed by atoms with Gasteiger partial charge in [0.25, 0.3) is 11.8 Å². The molecule has 1 aliphatic heterocycles. The number of fused-ring (bicyclic) bond motifs is 3. The van der Waals surface area contributed by atoms with Crippen LogP contribution in [0.3, 0.4) is 0 Å². The molecule has 5 heterocycles. The van der Waals surface area contributed by atoms with Gasteiger partial charge in [-0.3, -0.25) is 19.6 Å². The van der Waals surface area contributed by atoms with Crippen molar-refractivity contribution in [3.05, 3.63) is 106 Å². The molecule has 2 atom stereocenters. The third kappa shape index (κ3) is 5.12. The first kappa shape index (κ1) is 29.0. The summed E-state index contributed by atoms with van der Waals surface area (Å²) in [5.41, 5.74) is 10.6. The van der Waals surface area contributed by atoms with Crippen LogP contribution in [0, 0.1) is 11.7 Å². The summed E-state index contributed by atoms with van der Waals surface area (Å²) in [6.07, 6.45) is 6.31. The van der Waals surface area contributed by atoms with Gasteiger partial charge in [-0.15, -0.1) is 11.3 Å². The van der Waals surface area contributed by atoms with Crippen molar-refractivity contribution in [1.29, 1.82) is 0 Å². The number of nitrogens with one attached hydrogen (secondary N) is 2. The number of nitrogens with two attached hydrogens (primary N) is 1. The van der Waals surface area contributed by atoms with E-state index in [-0.39, 0.29) is 29.2 Å². The molecule has 0 unspecified atom stereocenters. The van der Waals surface area contributed by atoms with Gasteiger partial charge in [0.15, 0.2) is 0 Å². The summed E-state index contributed by atoms with van der Waals surface area (Å²) < 4.78 is 14.6. The fourth-order valence-corrected chi connectivity index (χ4v) is 7.90. The highest BCUT2D eigenvalue weighted by molar-refractivity contribution is 7.22. The van der Waals surface area contributed by atoms with Gasteiger partial charge in [-0.25, -0.2) is 9.37 Å². The number of amides is 2. The Kier molecular flexibility index (Phi) is 7.12. The lowest BCUT2D eigenvalue weighted by atomic mass is 9.86. The maximum atomic E-state index is 13.9. The lowest BCUT2D eigenvalue weighted by Crippen LogP contribution is -2.39. The number of hydrogen-bond donors (Lipinski definition) is 3. The van der Waals surface area contributed by atoms with Crippen LogP contribution in [0.1, 0.15) is 82.2 Å².